The Morgan fingerprint density at radius 2 is 1.83 bits per heavy atom. The van der Waals surface area contributed by atoms with E-state index in [0.717, 1.165) is 19.3 Å². The van der Waals surface area contributed by atoms with E-state index in [9.17, 15) is 19.5 Å². The van der Waals surface area contributed by atoms with Crippen molar-refractivity contribution >= 4 is 28.8 Å². The van der Waals surface area contributed by atoms with Crippen molar-refractivity contribution in [3.8, 4) is 0 Å². The molecule has 3 atom stereocenters. The zero-order valence-corrected chi connectivity index (χ0v) is 13.5. The van der Waals surface area contributed by atoms with Gasteiger partial charge in [0.25, 0.3) is 0 Å². The summed E-state index contributed by atoms with van der Waals surface area (Å²) in [4.78, 5) is 37.6. The number of rotatable bonds is 4. The third kappa shape index (κ3) is 3.27. The molecule has 23 heavy (non-hydrogen) atoms. The molecule has 1 aliphatic carbocycles. The van der Waals surface area contributed by atoms with Gasteiger partial charge in [-0.3, -0.25) is 9.59 Å². The predicted molar refractivity (Wildman–Crippen MR) is 87.2 cm³/mol. The molecule has 1 heterocycles. The molecule has 5 nitrogen and oxygen atoms in total. The summed E-state index contributed by atoms with van der Waals surface area (Å²) in [6.45, 7) is 0.510. The molecule has 1 saturated carbocycles. The topological polar surface area (TPSA) is 74.7 Å². The van der Waals surface area contributed by atoms with Crippen LogP contribution in [0.15, 0.2) is 30.3 Å². The minimum atomic E-state index is -0.931. The monoisotopic (exact) mass is 333 g/mol. The van der Waals surface area contributed by atoms with Gasteiger partial charge in [-0.15, -0.1) is 0 Å². The van der Waals surface area contributed by atoms with Crippen LogP contribution in [0.2, 0.25) is 0 Å². The van der Waals surface area contributed by atoms with Gasteiger partial charge in [-0.05, 0) is 25.7 Å². The molecule has 122 valence electrons. The summed E-state index contributed by atoms with van der Waals surface area (Å²) in [5.41, 5.74) is 0.639. The Labute approximate surface area is 139 Å². The van der Waals surface area contributed by atoms with Crippen molar-refractivity contribution in [3.63, 3.8) is 0 Å². The van der Waals surface area contributed by atoms with Gasteiger partial charge in [0.15, 0.2) is 0 Å². The Kier molecular flexibility index (Phi) is 4.71. The fourth-order valence-electron chi connectivity index (χ4n) is 3.17. The SMILES string of the molecule is O=C(SC1CCC1C(=O)N1CCC[C@H]1C(=O)O)c1ccccc1. The molecule has 1 aliphatic heterocycles. The summed E-state index contributed by atoms with van der Waals surface area (Å²) < 4.78 is 0. The average molecular weight is 333 g/mol. The maximum Gasteiger partial charge on any atom is 0.326 e. The second kappa shape index (κ2) is 6.74. The van der Waals surface area contributed by atoms with Gasteiger partial charge in [0, 0.05) is 17.4 Å². The molecule has 2 fully saturated rings. The van der Waals surface area contributed by atoms with E-state index in [1.807, 2.05) is 18.2 Å². The highest BCUT2D eigenvalue weighted by Gasteiger charge is 2.44. The highest BCUT2D eigenvalue weighted by Crippen LogP contribution is 2.41. The molecule has 1 aromatic carbocycles. The van der Waals surface area contributed by atoms with Crippen LogP contribution >= 0.6 is 11.8 Å². The molecule has 1 amide bonds. The molecule has 0 spiro atoms. The largest absolute Gasteiger partial charge is 0.480 e. The third-order valence-electron chi connectivity index (χ3n) is 4.62. The maximum atomic E-state index is 12.6. The highest BCUT2D eigenvalue weighted by molar-refractivity contribution is 8.14. The number of hydrogen-bond donors (Lipinski definition) is 1. The third-order valence-corrected chi connectivity index (χ3v) is 5.93. The molecule has 6 heteroatoms. The first-order valence-corrected chi connectivity index (χ1v) is 8.75. The van der Waals surface area contributed by atoms with Gasteiger partial charge in [-0.1, -0.05) is 42.1 Å². The van der Waals surface area contributed by atoms with Gasteiger partial charge in [0.2, 0.25) is 11.0 Å². The molecule has 0 aromatic heterocycles. The van der Waals surface area contributed by atoms with Crippen molar-refractivity contribution < 1.29 is 19.5 Å². The van der Waals surface area contributed by atoms with Gasteiger partial charge < -0.3 is 10.0 Å². The maximum absolute atomic E-state index is 12.6. The number of hydrogen-bond acceptors (Lipinski definition) is 4. The zero-order chi connectivity index (χ0) is 16.4. The van der Waals surface area contributed by atoms with Gasteiger partial charge >= 0.3 is 5.97 Å². The fraction of sp³-hybridized carbons (Fsp3) is 0.471. The number of amides is 1. The van der Waals surface area contributed by atoms with Crippen molar-refractivity contribution in [1.82, 2.24) is 4.90 Å². The van der Waals surface area contributed by atoms with E-state index < -0.39 is 12.0 Å². The summed E-state index contributed by atoms with van der Waals surface area (Å²) in [5.74, 6) is -1.26. The number of thioether (sulfide) groups is 1. The first-order chi connectivity index (χ1) is 11.1. The molecule has 0 radical (unpaired) electrons. The average Bonchev–Trinajstić information content (AvgIpc) is 3.02. The Bertz CT molecular complexity index is 618. The van der Waals surface area contributed by atoms with Crippen molar-refractivity contribution in [2.24, 2.45) is 5.92 Å². The van der Waals surface area contributed by atoms with Crippen molar-refractivity contribution in [2.45, 2.75) is 37.0 Å². The van der Waals surface area contributed by atoms with E-state index in [0.29, 0.717) is 18.5 Å². The smallest absolute Gasteiger partial charge is 0.326 e. The summed E-state index contributed by atoms with van der Waals surface area (Å²) in [6, 6.07) is 8.34. The molecule has 1 N–H and O–H groups in total. The Hall–Kier alpha value is -1.82. The second-order valence-corrected chi connectivity index (χ2v) is 7.23. The molecule has 0 bridgehead atoms. The van der Waals surface area contributed by atoms with Crippen LogP contribution in [0.4, 0.5) is 0 Å². The first-order valence-electron chi connectivity index (χ1n) is 7.87. The second-order valence-electron chi connectivity index (χ2n) is 6.02. The zero-order valence-electron chi connectivity index (χ0n) is 12.7. The van der Waals surface area contributed by atoms with E-state index in [2.05, 4.69) is 0 Å². The quantitative estimate of drug-likeness (QED) is 0.916. The van der Waals surface area contributed by atoms with E-state index >= 15 is 0 Å². The lowest BCUT2D eigenvalue weighted by Crippen LogP contribution is -2.49. The minimum Gasteiger partial charge on any atom is -0.480 e. The Morgan fingerprint density at radius 3 is 2.43 bits per heavy atom. The van der Waals surface area contributed by atoms with Gasteiger partial charge in [-0.2, -0.15) is 0 Å². The van der Waals surface area contributed by atoms with Crippen molar-refractivity contribution in [3.05, 3.63) is 35.9 Å². The molecule has 2 aliphatic rings. The summed E-state index contributed by atoms with van der Waals surface area (Å²) in [5, 5.41) is 9.15. The molecular formula is C17H19NO4S. The molecule has 2 unspecified atom stereocenters. The normalized spacial score (nSPS) is 26.6. The number of carbonyl (C=O) groups is 3. The van der Waals surface area contributed by atoms with Gasteiger partial charge in [-0.25, -0.2) is 4.79 Å². The number of carbonyl (C=O) groups excluding carboxylic acids is 2. The summed E-state index contributed by atoms with van der Waals surface area (Å²) in [7, 11) is 0. The standard InChI is InChI=1S/C17H19NO4S/c19-15(18-10-4-7-13(18)16(20)21)12-8-9-14(12)23-17(22)11-5-2-1-3-6-11/h1-3,5-6,12-14H,4,7-10H2,(H,20,21)/t12?,13-,14?/m0/s1. The van der Waals surface area contributed by atoms with Crippen LogP contribution in [0.5, 0.6) is 0 Å². The summed E-state index contributed by atoms with van der Waals surface area (Å²) in [6.07, 6.45) is 2.82. The van der Waals surface area contributed by atoms with Crippen LogP contribution in [0, 0.1) is 5.92 Å². The predicted octanol–water partition coefficient (Wildman–Crippen LogP) is 2.41. The van der Waals surface area contributed by atoms with Crippen LogP contribution in [-0.2, 0) is 9.59 Å². The first kappa shape index (κ1) is 16.1. The van der Waals surface area contributed by atoms with E-state index in [4.69, 9.17) is 0 Å². The van der Waals surface area contributed by atoms with Gasteiger partial charge in [0.05, 0.1) is 5.92 Å². The lowest BCUT2D eigenvalue weighted by Gasteiger charge is -2.37. The van der Waals surface area contributed by atoms with Crippen LogP contribution in [0.25, 0.3) is 0 Å². The van der Waals surface area contributed by atoms with Gasteiger partial charge in [0.1, 0.15) is 6.04 Å². The number of carboxylic acid groups (broad SMARTS) is 1. The van der Waals surface area contributed by atoms with Crippen molar-refractivity contribution in [2.75, 3.05) is 6.54 Å². The minimum absolute atomic E-state index is 0.0238. The molecule has 1 saturated heterocycles. The van der Waals surface area contributed by atoms with Crippen molar-refractivity contribution in [1.29, 1.82) is 0 Å². The van der Waals surface area contributed by atoms with E-state index in [-0.39, 0.29) is 22.2 Å². The Balaban J connectivity index is 1.62. The molecular weight excluding hydrogens is 314 g/mol. The number of nitrogens with zero attached hydrogens (tertiary/aromatic N) is 1. The molecule has 3 rings (SSSR count). The van der Waals surface area contributed by atoms with E-state index in [1.54, 1.807) is 12.1 Å². The lowest BCUT2D eigenvalue weighted by atomic mass is 9.83. The molecule has 1 aromatic rings. The van der Waals surface area contributed by atoms with E-state index in [1.165, 1.54) is 16.7 Å². The summed E-state index contributed by atoms with van der Waals surface area (Å²) >= 11 is 1.21. The number of likely N-dealkylation sites (tertiary alicyclic amines) is 1. The van der Waals surface area contributed by atoms with Crippen LogP contribution in [0.1, 0.15) is 36.0 Å². The van der Waals surface area contributed by atoms with Crippen LogP contribution < -0.4 is 0 Å². The number of carboxylic acids is 1. The number of aliphatic carboxylic acids is 1. The number of benzene rings is 1. The van der Waals surface area contributed by atoms with Crippen LogP contribution in [0.3, 0.4) is 0 Å². The Morgan fingerprint density at radius 1 is 1.09 bits per heavy atom. The van der Waals surface area contributed by atoms with Crippen LogP contribution in [-0.4, -0.2) is 44.8 Å². The lowest BCUT2D eigenvalue weighted by molar-refractivity contribution is -0.150. The fourth-order valence-corrected chi connectivity index (χ4v) is 4.39. The highest BCUT2D eigenvalue weighted by atomic mass is 32.2.